The van der Waals surface area contributed by atoms with Crippen LogP contribution in [0.15, 0.2) is 36.7 Å². The van der Waals surface area contributed by atoms with E-state index in [1.807, 2.05) is 18.5 Å². The second kappa shape index (κ2) is 9.24. The van der Waals surface area contributed by atoms with E-state index >= 15 is 0 Å². The van der Waals surface area contributed by atoms with E-state index in [9.17, 15) is 0 Å². The van der Waals surface area contributed by atoms with Crippen molar-refractivity contribution in [2.45, 2.75) is 63.3 Å². The number of aliphatic hydroxyl groups excluding tert-OH is 1. The molecule has 3 unspecified atom stereocenters. The summed E-state index contributed by atoms with van der Waals surface area (Å²) in [6.45, 7) is 0. The first-order valence-electron chi connectivity index (χ1n) is 9.86. The highest BCUT2D eigenvalue weighted by atomic mass is 16.2. The number of aliphatic hydroxyl groups is 1. The number of nitrogens with zero attached hydrogens (tertiary/aromatic N) is 2. The molecule has 1 heterocycles. The summed E-state index contributed by atoms with van der Waals surface area (Å²) in [4.78, 5) is 8.70. The lowest BCUT2D eigenvalue weighted by Crippen LogP contribution is -2.16. The number of hydrogen-bond acceptors (Lipinski definition) is 4. The van der Waals surface area contributed by atoms with E-state index in [0.717, 1.165) is 25.3 Å². The highest BCUT2D eigenvalue weighted by Gasteiger charge is 2.25. The first-order chi connectivity index (χ1) is 12.8. The average molecular weight is 354 g/mol. The summed E-state index contributed by atoms with van der Waals surface area (Å²) >= 11 is 0. The normalized spacial score (nSPS) is 24.5. The fourth-order valence-electron chi connectivity index (χ4n) is 4.46. The predicted octanol–water partition coefficient (Wildman–Crippen LogP) is 3.42. The highest BCUT2D eigenvalue weighted by Crippen LogP contribution is 2.36. The second-order valence-electron chi connectivity index (χ2n) is 7.61. The molecule has 2 aliphatic carbocycles. The van der Waals surface area contributed by atoms with Crippen molar-refractivity contribution in [1.29, 1.82) is 0 Å². The highest BCUT2D eigenvalue weighted by molar-refractivity contribution is 5.36. The van der Waals surface area contributed by atoms with Gasteiger partial charge in [-0.2, -0.15) is 0 Å². The van der Waals surface area contributed by atoms with Crippen molar-refractivity contribution in [2.24, 2.45) is 11.7 Å². The van der Waals surface area contributed by atoms with E-state index in [1.54, 1.807) is 11.1 Å². The van der Waals surface area contributed by atoms with Crippen LogP contribution in [0.4, 0.5) is 0 Å². The summed E-state index contributed by atoms with van der Waals surface area (Å²) in [7, 11) is 1.00. The minimum atomic E-state index is 0.413. The molecular weight excluding hydrogens is 322 g/mol. The van der Waals surface area contributed by atoms with Crippen LogP contribution >= 0.6 is 0 Å². The van der Waals surface area contributed by atoms with Crippen LogP contribution in [-0.2, 0) is 19.3 Å². The van der Waals surface area contributed by atoms with Gasteiger partial charge in [0.2, 0.25) is 0 Å². The first kappa shape index (κ1) is 19.0. The standard InChI is InChI=1S/C21H27N3.CH4O/c22-20-8-7-19(14-20)18-6-5-16-12-15(2-4-17(16)13-18)3-9-21-23-10-1-11-24-21;1-2/h1,5-6,10-11,13,15,19-20H,2-4,7-9,12,14,22H2;2H,1H3. The van der Waals surface area contributed by atoms with E-state index in [2.05, 4.69) is 28.2 Å². The SMILES string of the molecule is CO.NC1CCC(c2ccc3c(c2)CCC(CCc2ncccn2)C3)C1. The molecule has 1 saturated carbocycles. The number of fused-ring (bicyclic) bond motifs is 1. The molecule has 4 nitrogen and oxygen atoms in total. The summed E-state index contributed by atoms with van der Waals surface area (Å²) in [5.41, 5.74) is 10.8. The maximum absolute atomic E-state index is 7.00. The van der Waals surface area contributed by atoms with Crippen molar-refractivity contribution < 1.29 is 5.11 Å². The van der Waals surface area contributed by atoms with Gasteiger partial charge < -0.3 is 10.8 Å². The average Bonchev–Trinajstić information content (AvgIpc) is 3.14. The topological polar surface area (TPSA) is 72.0 Å². The summed E-state index contributed by atoms with van der Waals surface area (Å²) in [6.07, 6.45) is 13.2. The molecule has 3 N–H and O–H groups in total. The molecular formula is C22H31N3O. The molecule has 0 saturated heterocycles. The van der Waals surface area contributed by atoms with Gasteiger partial charge in [-0.05, 0) is 79.5 Å². The number of hydrogen-bond donors (Lipinski definition) is 2. The molecule has 4 rings (SSSR count). The minimum absolute atomic E-state index is 0.413. The van der Waals surface area contributed by atoms with Gasteiger partial charge in [0.1, 0.15) is 5.82 Å². The molecule has 2 aliphatic rings. The smallest absolute Gasteiger partial charge is 0.128 e. The quantitative estimate of drug-likeness (QED) is 0.883. The van der Waals surface area contributed by atoms with E-state index in [1.165, 1.54) is 50.5 Å². The summed E-state index contributed by atoms with van der Waals surface area (Å²) in [5.74, 6) is 2.45. The van der Waals surface area contributed by atoms with Gasteiger partial charge in [-0.25, -0.2) is 9.97 Å². The third-order valence-electron chi connectivity index (χ3n) is 5.90. The lowest BCUT2D eigenvalue weighted by Gasteiger charge is -2.25. The molecule has 2 aromatic rings. The Morgan fingerprint density at radius 3 is 2.62 bits per heavy atom. The van der Waals surface area contributed by atoms with Gasteiger partial charge in [-0.15, -0.1) is 0 Å². The Hall–Kier alpha value is -1.78. The van der Waals surface area contributed by atoms with Crippen LogP contribution in [0.5, 0.6) is 0 Å². The Bertz CT molecular complexity index is 689. The van der Waals surface area contributed by atoms with Gasteiger partial charge >= 0.3 is 0 Å². The van der Waals surface area contributed by atoms with E-state index in [-0.39, 0.29) is 0 Å². The van der Waals surface area contributed by atoms with Crippen molar-refractivity contribution in [2.75, 3.05) is 7.11 Å². The van der Waals surface area contributed by atoms with Crippen molar-refractivity contribution in [3.63, 3.8) is 0 Å². The second-order valence-corrected chi connectivity index (χ2v) is 7.61. The number of benzene rings is 1. The summed E-state index contributed by atoms with van der Waals surface area (Å²) < 4.78 is 0. The monoisotopic (exact) mass is 353 g/mol. The third-order valence-corrected chi connectivity index (χ3v) is 5.90. The zero-order chi connectivity index (χ0) is 18.4. The maximum Gasteiger partial charge on any atom is 0.128 e. The van der Waals surface area contributed by atoms with Crippen molar-refractivity contribution in [1.82, 2.24) is 9.97 Å². The summed E-state index contributed by atoms with van der Waals surface area (Å²) in [6, 6.07) is 9.53. The molecule has 0 radical (unpaired) electrons. The molecule has 4 heteroatoms. The van der Waals surface area contributed by atoms with Crippen molar-refractivity contribution in [3.05, 3.63) is 59.2 Å². The van der Waals surface area contributed by atoms with Crippen LogP contribution in [0.25, 0.3) is 0 Å². The van der Waals surface area contributed by atoms with Crippen LogP contribution < -0.4 is 5.73 Å². The molecule has 1 aromatic carbocycles. The van der Waals surface area contributed by atoms with Gasteiger partial charge in [0, 0.05) is 32.0 Å². The van der Waals surface area contributed by atoms with Gasteiger partial charge in [-0.1, -0.05) is 18.2 Å². The van der Waals surface area contributed by atoms with E-state index in [0.29, 0.717) is 12.0 Å². The lowest BCUT2D eigenvalue weighted by atomic mass is 9.80. The molecule has 26 heavy (non-hydrogen) atoms. The Morgan fingerprint density at radius 1 is 1.08 bits per heavy atom. The molecule has 1 fully saturated rings. The number of rotatable bonds is 4. The van der Waals surface area contributed by atoms with Crippen molar-refractivity contribution in [3.8, 4) is 0 Å². The zero-order valence-electron chi connectivity index (χ0n) is 15.8. The van der Waals surface area contributed by atoms with Crippen LogP contribution in [0.3, 0.4) is 0 Å². The zero-order valence-corrected chi connectivity index (χ0v) is 15.8. The van der Waals surface area contributed by atoms with Gasteiger partial charge in [0.05, 0.1) is 0 Å². The van der Waals surface area contributed by atoms with Crippen LogP contribution in [0, 0.1) is 5.92 Å². The summed E-state index contributed by atoms with van der Waals surface area (Å²) in [5, 5.41) is 7.00. The molecule has 0 amide bonds. The van der Waals surface area contributed by atoms with Crippen LogP contribution in [-0.4, -0.2) is 28.2 Å². The minimum Gasteiger partial charge on any atom is -0.400 e. The Morgan fingerprint density at radius 2 is 1.88 bits per heavy atom. The molecule has 0 spiro atoms. The Kier molecular flexibility index (Phi) is 6.75. The molecule has 140 valence electrons. The molecule has 0 aliphatic heterocycles. The largest absolute Gasteiger partial charge is 0.400 e. The Balaban J connectivity index is 0.000000948. The maximum atomic E-state index is 7.00. The van der Waals surface area contributed by atoms with Gasteiger partial charge in [-0.3, -0.25) is 0 Å². The fraction of sp³-hybridized carbons (Fsp3) is 0.545. The van der Waals surface area contributed by atoms with Gasteiger partial charge in [0.25, 0.3) is 0 Å². The molecule has 0 bridgehead atoms. The fourth-order valence-corrected chi connectivity index (χ4v) is 4.46. The first-order valence-corrected chi connectivity index (χ1v) is 9.86. The Labute approximate surface area is 156 Å². The van der Waals surface area contributed by atoms with Gasteiger partial charge in [0.15, 0.2) is 0 Å². The lowest BCUT2D eigenvalue weighted by molar-refractivity contribution is 0.399. The molecule has 3 atom stereocenters. The molecule has 1 aromatic heterocycles. The van der Waals surface area contributed by atoms with Crippen LogP contribution in [0.1, 0.15) is 60.5 Å². The number of nitrogens with two attached hydrogens (primary N) is 1. The van der Waals surface area contributed by atoms with E-state index < -0.39 is 0 Å². The predicted molar refractivity (Wildman–Crippen MR) is 105 cm³/mol. The third kappa shape index (κ3) is 4.68. The van der Waals surface area contributed by atoms with Crippen molar-refractivity contribution >= 4 is 0 Å². The van der Waals surface area contributed by atoms with E-state index in [4.69, 9.17) is 10.8 Å². The number of aromatic nitrogens is 2. The van der Waals surface area contributed by atoms with Crippen LogP contribution in [0.2, 0.25) is 0 Å². The number of aryl methyl sites for hydroxylation is 2.